The van der Waals surface area contributed by atoms with Crippen LogP contribution in [0.25, 0.3) is 10.1 Å². The van der Waals surface area contributed by atoms with Gasteiger partial charge in [-0.05, 0) is 24.1 Å². The van der Waals surface area contributed by atoms with E-state index in [9.17, 15) is 13.2 Å². The molecule has 134 valence electrons. The highest BCUT2D eigenvalue weighted by atomic mass is 32.2. The number of thiophene rings is 1. The average Bonchev–Trinajstić information content (AvgIpc) is 3.06. The van der Waals surface area contributed by atoms with Crippen molar-refractivity contribution < 1.29 is 17.4 Å². The predicted molar refractivity (Wildman–Crippen MR) is 99.7 cm³/mol. The molecule has 26 heavy (non-hydrogen) atoms. The number of hydrogen-bond acceptors (Lipinski definition) is 6. The molecule has 1 unspecified atom stereocenters. The van der Waals surface area contributed by atoms with E-state index in [1.54, 1.807) is 29.6 Å². The summed E-state index contributed by atoms with van der Waals surface area (Å²) in [5, 5.41) is 5.20. The molecule has 8 heteroatoms. The van der Waals surface area contributed by atoms with Crippen LogP contribution in [0.1, 0.15) is 17.2 Å². The van der Waals surface area contributed by atoms with Crippen molar-refractivity contribution in [3.63, 3.8) is 0 Å². The molecule has 4 rings (SSSR count). The van der Waals surface area contributed by atoms with Crippen molar-refractivity contribution in [2.45, 2.75) is 17.4 Å². The van der Waals surface area contributed by atoms with E-state index in [1.165, 1.54) is 11.3 Å². The fourth-order valence-corrected chi connectivity index (χ4v) is 5.64. The Morgan fingerprint density at radius 3 is 2.81 bits per heavy atom. The van der Waals surface area contributed by atoms with Gasteiger partial charge in [0.15, 0.2) is 0 Å². The minimum absolute atomic E-state index is 0.120. The predicted octanol–water partition coefficient (Wildman–Crippen LogP) is 2.34. The number of fused-ring (bicyclic) bond motifs is 2. The number of carbonyl (C=O) groups is 1. The maximum absolute atomic E-state index is 12.9. The van der Waals surface area contributed by atoms with Gasteiger partial charge in [0.25, 0.3) is 0 Å². The third-order valence-electron chi connectivity index (χ3n) is 4.39. The molecule has 1 amide bonds. The van der Waals surface area contributed by atoms with Crippen LogP contribution in [0.4, 0.5) is 0 Å². The van der Waals surface area contributed by atoms with E-state index in [-0.39, 0.29) is 10.6 Å². The number of hydrogen-bond donors (Lipinski definition) is 2. The third-order valence-corrected chi connectivity index (χ3v) is 6.77. The van der Waals surface area contributed by atoms with Crippen LogP contribution in [-0.2, 0) is 21.3 Å². The summed E-state index contributed by atoms with van der Waals surface area (Å²) in [6.45, 7) is 0.589. The maximum atomic E-state index is 12.9. The van der Waals surface area contributed by atoms with Crippen LogP contribution in [-0.4, -0.2) is 20.9 Å². The van der Waals surface area contributed by atoms with Gasteiger partial charge in [0.2, 0.25) is 5.91 Å². The zero-order chi connectivity index (χ0) is 18.3. The van der Waals surface area contributed by atoms with Crippen LogP contribution < -0.4 is 15.2 Å². The Kier molecular flexibility index (Phi) is 4.18. The van der Waals surface area contributed by atoms with Gasteiger partial charge in [-0.3, -0.25) is 4.79 Å². The average molecular weight is 388 g/mol. The van der Waals surface area contributed by atoms with Crippen LogP contribution in [0.3, 0.4) is 0 Å². The molecule has 6 nitrogen and oxygen atoms in total. The number of primary amides is 1. The minimum Gasteiger partial charge on any atom is -0.379 e. The lowest BCUT2D eigenvalue weighted by molar-refractivity contribution is -0.120. The van der Waals surface area contributed by atoms with Crippen LogP contribution in [0.5, 0.6) is 5.75 Å². The van der Waals surface area contributed by atoms with Crippen molar-refractivity contribution in [2.75, 3.05) is 6.54 Å². The number of nitrogens with one attached hydrogen (secondary N) is 1. The smallest absolute Gasteiger partial charge is 0.340 e. The molecule has 1 aliphatic rings. The fourth-order valence-electron chi connectivity index (χ4n) is 3.21. The van der Waals surface area contributed by atoms with Crippen molar-refractivity contribution in [1.29, 1.82) is 0 Å². The number of rotatable bonds is 4. The Morgan fingerprint density at radius 2 is 2.00 bits per heavy atom. The maximum Gasteiger partial charge on any atom is 0.340 e. The molecule has 1 atom stereocenters. The SMILES string of the molecule is NC(=O)C1NCCc2cccc(OS(=O)(=O)c3csc4ccccc34)c21. The van der Waals surface area contributed by atoms with Crippen LogP contribution >= 0.6 is 11.3 Å². The lowest BCUT2D eigenvalue weighted by Gasteiger charge is -2.26. The summed E-state index contributed by atoms with van der Waals surface area (Å²) in [4.78, 5) is 11.9. The first-order chi connectivity index (χ1) is 12.5. The Labute approximate surface area is 154 Å². The zero-order valence-corrected chi connectivity index (χ0v) is 15.3. The summed E-state index contributed by atoms with van der Waals surface area (Å²) in [6.07, 6.45) is 0.664. The van der Waals surface area contributed by atoms with E-state index in [1.807, 2.05) is 18.2 Å². The highest BCUT2D eigenvalue weighted by Crippen LogP contribution is 2.36. The Hall–Kier alpha value is -2.42. The van der Waals surface area contributed by atoms with Crippen LogP contribution in [0.15, 0.2) is 52.7 Å². The van der Waals surface area contributed by atoms with Crippen LogP contribution in [0, 0.1) is 0 Å². The second-order valence-corrected chi connectivity index (χ2v) is 8.43. The zero-order valence-electron chi connectivity index (χ0n) is 13.6. The molecule has 0 aliphatic carbocycles. The molecule has 0 bridgehead atoms. The number of nitrogens with two attached hydrogens (primary N) is 1. The molecule has 0 spiro atoms. The summed E-state index contributed by atoms with van der Waals surface area (Å²) in [6, 6.07) is 11.6. The molecular weight excluding hydrogens is 372 g/mol. The van der Waals surface area contributed by atoms with Gasteiger partial charge in [0, 0.05) is 27.6 Å². The van der Waals surface area contributed by atoms with Crippen molar-refractivity contribution in [2.24, 2.45) is 5.73 Å². The normalized spacial score (nSPS) is 17.0. The lowest BCUT2D eigenvalue weighted by Crippen LogP contribution is -2.39. The number of carbonyl (C=O) groups excluding carboxylic acids is 1. The largest absolute Gasteiger partial charge is 0.379 e. The summed E-state index contributed by atoms with van der Waals surface area (Å²) < 4.78 is 32.1. The fraction of sp³-hybridized carbons (Fsp3) is 0.167. The molecule has 0 fully saturated rings. The summed E-state index contributed by atoms with van der Waals surface area (Å²) in [5.41, 5.74) is 6.83. The van der Waals surface area contributed by atoms with Gasteiger partial charge in [0.1, 0.15) is 16.7 Å². The first-order valence-corrected chi connectivity index (χ1v) is 10.3. The van der Waals surface area contributed by atoms with Gasteiger partial charge in [0.05, 0.1) is 0 Å². The number of amides is 1. The molecular formula is C18H16N2O4S2. The van der Waals surface area contributed by atoms with Crippen LogP contribution in [0.2, 0.25) is 0 Å². The van der Waals surface area contributed by atoms with E-state index in [2.05, 4.69) is 5.32 Å². The van der Waals surface area contributed by atoms with Gasteiger partial charge in [-0.1, -0.05) is 30.3 Å². The van der Waals surface area contributed by atoms with E-state index < -0.39 is 22.1 Å². The van der Waals surface area contributed by atoms with E-state index in [0.29, 0.717) is 23.9 Å². The first kappa shape index (κ1) is 17.0. The van der Waals surface area contributed by atoms with Crippen molar-refractivity contribution in [3.8, 4) is 5.75 Å². The van der Waals surface area contributed by atoms with Crippen molar-refractivity contribution in [1.82, 2.24) is 5.32 Å². The van der Waals surface area contributed by atoms with Gasteiger partial charge in [-0.15, -0.1) is 11.3 Å². The highest BCUT2D eigenvalue weighted by Gasteiger charge is 2.30. The molecule has 3 N–H and O–H groups in total. The molecule has 2 heterocycles. The molecule has 2 aromatic carbocycles. The molecule has 0 saturated heterocycles. The van der Waals surface area contributed by atoms with Gasteiger partial charge < -0.3 is 15.2 Å². The Bertz CT molecular complexity index is 1110. The molecule has 3 aromatic rings. The summed E-state index contributed by atoms with van der Waals surface area (Å²) in [7, 11) is -4.05. The monoisotopic (exact) mass is 388 g/mol. The lowest BCUT2D eigenvalue weighted by atomic mass is 9.93. The molecule has 1 aliphatic heterocycles. The van der Waals surface area contributed by atoms with Crippen molar-refractivity contribution in [3.05, 3.63) is 59.0 Å². The second kappa shape index (κ2) is 6.39. The molecule has 0 saturated carbocycles. The first-order valence-electron chi connectivity index (χ1n) is 8.02. The van der Waals surface area contributed by atoms with Crippen molar-refractivity contribution >= 4 is 37.4 Å². The standard InChI is InChI=1S/C18H16N2O4S2/c19-18(21)17-16-11(8-9-20-17)4-3-6-13(16)24-26(22,23)15-10-25-14-7-2-1-5-12(14)15/h1-7,10,17,20H,8-9H2,(H2,19,21). The van der Waals surface area contributed by atoms with E-state index in [4.69, 9.17) is 9.92 Å². The van der Waals surface area contributed by atoms with Gasteiger partial charge in [-0.25, -0.2) is 0 Å². The quantitative estimate of drug-likeness (QED) is 0.669. The topological polar surface area (TPSA) is 98.5 Å². The molecule has 0 radical (unpaired) electrons. The molecule has 1 aromatic heterocycles. The Balaban J connectivity index is 1.79. The minimum atomic E-state index is -4.05. The number of benzene rings is 2. The second-order valence-electron chi connectivity index (χ2n) is 6.00. The van der Waals surface area contributed by atoms with E-state index in [0.717, 1.165) is 10.3 Å². The summed E-state index contributed by atoms with van der Waals surface area (Å²) >= 11 is 1.34. The van der Waals surface area contributed by atoms with Gasteiger partial charge in [-0.2, -0.15) is 8.42 Å². The Morgan fingerprint density at radius 1 is 1.19 bits per heavy atom. The third kappa shape index (κ3) is 2.86. The summed E-state index contributed by atoms with van der Waals surface area (Å²) in [5.74, 6) is -0.436. The van der Waals surface area contributed by atoms with E-state index >= 15 is 0 Å². The highest BCUT2D eigenvalue weighted by molar-refractivity contribution is 7.87. The van der Waals surface area contributed by atoms with Gasteiger partial charge >= 0.3 is 10.1 Å².